The second-order valence-electron chi connectivity index (χ2n) is 5.73. The molecule has 1 heterocycles. The maximum Gasteiger partial charge on any atom is 0.267 e. The molecule has 2 rings (SSSR count). The smallest absolute Gasteiger partial charge is 0.267 e. The lowest BCUT2D eigenvalue weighted by molar-refractivity contribution is -0.118. The predicted molar refractivity (Wildman–Crippen MR) is 91.6 cm³/mol. The quantitative estimate of drug-likeness (QED) is 0.913. The summed E-state index contributed by atoms with van der Waals surface area (Å²) in [6.07, 6.45) is 0.868. The first-order valence-corrected chi connectivity index (χ1v) is 7.90. The minimum Gasteiger partial charge on any atom is -0.368 e. The molecule has 1 amide bonds. The molecule has 122 valence electrons. The molecule has 2 N–H and O–H groups in total. The normalized spacial score (nSPS) is 11.0. The molecule has 0 aliphatic heterocycles. The van der Waals surface area contributed by atoms with E-state index in [1.54, 1.807) is 0 Å². The summed E-state index contributed by atoms with van der Waals surface area (Å²) in [6, 6.07) is 7.24. The van der Waals surface area contributed by atoms with Crippen LogP contribution in [0.2, 0.25) is 5.02 Å². The van der Waals surface area contributed by atoms with Crippen molar-refractivity contribution in [2.45, 2.75) is 39.7 Å². The molecule has 0 radical (unpaired) electrons. The van der Waals surface area contributed by atoms with E-state index in [4.69, 9.17) is 17.3 Å². The zero-order valence-electron chi connectivity index (χ0n) is 13.5. The highest BCUT2D eigenvalue weighted by Crippen LogP contribution is 2.32. The van der Waals surface area contributed by atoms with Gasteiger partial charge in [-0.15, -0.1) is 0 Å². The number of aryl methyl sites for hydroxylation is 1. The Hall–Kier alpha value is -2.14. The second kappa shape index (κ2) is 6.96. The molecule has 1 aromatic heterocycles. The standard InChI is InChI=1S/C17H20ClN3O2/c1-4-11-5-6-14(18)12(7-11)13-8-16(23)21(9-15(19)22)20-17(13)10(2)3/h5-8,10H,4,9H2,1-3H3,(H2,19,22). The van der Waals surface area contributed by atoms with Gasteiger partial charge in [-0.25, -0.2) is 4.68 Å². The van der Waals surface area contributed by atoms with Gasteiger partial charge in [-0.2, -0.15) is 5.10 Å². The van der Waals surface area contributed by atoms with E-state index in [1.165, 1.54) is 6.07 Å². The third kappa shape index (κ3) is 3.79. The maximum atomic E-state index is 12.2. The number of aromatic nitrogens is 2. The van der Waals surface area contributed by atoms with Gasteiger partial charge in [0.05, 0.1) is 5.69 Å². The lowest BCUT2D eigenvalue weighted by atomic mass is 9.96. The summed E-state index contributed by atoms with van der Waals surface area (Å²) in [4.78, 5) is 23.3. The fraction of sp³-hybridized carbons (Fsp3) is 0.353. The molecule has 23 heavy (non-hydrogen) atoms. The van der Waals surface area contributed by atoms with E-state index in [0.717, 1.165) is 22.2 Å². The molecule has 1 aromatic carbocycles. The molecular weight excluding hydrogens is 314 g/mol. The number of hydrogen-bond donors (Lipinski definition) is 1. The van der Waals surface area contributed by atoms with Gasteiger partial charge in [0.15, 0.2) is 0 Å². The lowest BCUT2D eigenvalue weighted by Gasteiger charge is -2.15. The number of hydrogen-bond acceptors (Lipinski definition) is 3. The van der Waals surface area contributed by atoms with Gasteiger partial charge < -0.3 is 5.73 Å². The van der Waals surface area contributed by atoms with E-state index in [0.29, 0.717) is 16.3 Å². The van der Waals surface area contributed by atoms with Crippen LogP contribution in [0.3, 0.4) is 0 Å². The highest BCUT2D eigenvalue weighted by molar-refractivity contribution is 6.33. The Labute approximate surface area is 140 Å². The van der Waals surface area contributed by atoms with Crippen molar-refractivity contribution >= 4 is 17.5 Å². The summed E-state index contributed by atoms with van der Waals surface area (Å²) in [6.45, 7) is 5.77. The van der Waals surface area contributed by atoms with Crippen LogP contribution in [-0.2, 0) is 17.8 Å². The van der Waals surface area contributed by atoms with Crippen molar-refractivity contribution in [2.75, 3.05) is 0 Å². The lowest BCUT2D eigenvalue weighted by Crippen LogP contribution is -2.31. The van der Waals surface area contributed by atoms with Crippen LogP contribution in [0.15, 0.2) is 29.1 Å². The minimum absolute atomic E-state index is 0.0612. The monoisotopic (exact) mass is 333 g/mol. The Morgan fingerprint density at radius 1 is 1.30 bits per heavy atom. The average Bonchev–Trinajstić information content (AvgIpc) is 2.49. The van der Waals surface area contributed by atoms with E-state index in [1.807, 2.05) is 32.0 Å². The molecule has 0 saturated heterocycles. The second-order valence-corrected chi connectivity index (χ2v) is 6.14. The average molecular weight is 334 g/mol. The summed E-state index contributed by atoms with van der Waals surface area (Å²) in [5, 5.41) is 4.90. The number of nitrogens with zero attached hydrogens (tertiary/aromatic N) is 2. The fourth-order valence-corrected chi connectivity index (χ4v) is 2.63. The molecule has 0 unspecified atom stereocenters. The molecule has 0 aliphatic carbocycles. The Kier molecular flexibility index (Phi) is 5.21. The van der Waals surface area contributed by atoms with Crippen LogP contribution in [0, 0.1) is 0 Å². The van der Waals surface area contributed by atoms with E-state index < -0.39 is 5.91 Å². The fourth-order valence-electron chi connectivity index (χ4n) is 2.41. The highest BCUT2D eigenvalue weighted by Gasteiger charge is 2.17. The number of primary amides is 1. The van der Waals surface area contributed by atoms with E-state index in [2.05, 4.69) is 12.0 Å². The van der Waals surface area contributed by atoms with Crippen molar-refractivity contribution in [3.8, 4) is 11.1 Å². The van der Waals surface area contributed by atoms with Crippen molar-refractivity contribution in [1.29, 1.82) is 0 Å². The summed E-state index contributed by atoms with van der Waals surface area (Å²) in [5.41, 5.74) is 8.11. The van der Waals surface area contributed by atoms with Crippen LogP contribution >= 0.6 is 11.6 Å². The van der Waals surface area contributed by atoms with Gasteiger partial charge >= 0.3 is 0 Å². The molecule has 0 spiro atoms. The van der Waals surface area contributed by atoms with Gasteiger partial charge in [-0.05, 0) is 30.0 Å². The van der Waals surface area contributed by atoms with Crippen LogP contribution in [0.4, 0.5) is 0 Å². The number of carbonyl (C=O) groups is 1. The van der Waals surface area contributed by atoms with Crippen molar-refractivity contribution in [3.05, 3.63) is 50.9 Å². The van der Waals surface area contributed by atoms with Crippen LogP contribution in [-0.4, -0.2) is 15.7 Å². The van der Waals surface area contributed by atoms with E-state index >= 15 is 0 Å². The van der Waals surface area contributed by atoms with Crippen molar-refractivity contribution in [3.63, 3.8) is 0 Å². The number of rotatable bonds is 5. The summed E-state index contributed by atoms with van der Waals surface area (Å²) in [7, 11) is 0. The first-order chi connectivity index (χ1) is 10.8. The van der Waals surface area contributed by atoms with Gasteiger partial charge in [-0.1, -0.05) is 38.4 Å². The number of nitrogens with two attached hydrogens (primary N) is 1. The molecular formula is C17H20ClN3O2. The number of amides is 1. The van der Waals surface area contributed by atoms with Crippen LogP contribution in [0.1, 0.15) is 37.9 Å². The molecule has 2 aromatic rings. The molecule has 0 aliphatic rings. The molecule has 0 atom stereocenters. The first kappa shape index (κ1) is 17.2. The minimum atomic E-state index is -0.604. The third-order valence-corrected chi connectivity index (χ3v) is 3.94. The zero-order valence-corrected chi connectivity index (χ0v) is 14.2. The summed E-state index contributed by atoms with van der Waals surface area (Å²) >= 11 is 6.33. The molecule has 0 fully saturated rings. The molecule has 0 bridgehead atoms. The van der Waals surface area contributed by atoms with Gasteiger partial charge in [0.2, 0.25) is 5.91 Å². The number of benzene rings is 1. The van der Waals surface area contributed by atoms with Crippen molar-refractivity contribution in [1.82, 2.24) is 9.78 Å². The Morgan fingerprint density at radius 2 is 2.00 bits per heavy atom. The van der Waals surface area contributed by atoms with Crippen LogP contribution in [0.25, 0.3) is 11.1 Å². The Morgan fingerprint density at radius 3 is 2.57 bits per heavy atom. The highest BCUT2D eigenvalue weighted by atomic mass is 35.5. The molecule has 6 heteroatoms. The Balaban J connectivity index is 2.69. The van der Waals surface area contributed by atoms with Crippen molar-refractivity contribution in [2.24, 2.45) is 5.73 Å². The summed E-state index contributed by atoms with van der Waals surface area (Å²) < 4.78 is 1.10. The van der Waals surface area contributed by atoms with Gasteiger partial charge in [0, 0.05) is 22.2 Å². The topological polar surface area (TPSA) is 78.0 Å². The van der Waals surface area contributed by atoms with Gasteiger partial charge in [0.25, 0.3) is 5.56 Å². The van der Waals surface area contributed by atoms with Gasteiger partial charge in [0.1, 0.15) is 6.54 Å². The van der Waals surface area contributed by atoms with Crippen molar-refractivity contribution < 1.29 is 4.79 Å². The number of halogens is 1. The molecule has 0 saturated carbocycles. The van der Waals surface area contributed by atoms with Crippen LogP contribution in [0.5, 0.6) is 0 Å². The largest absolute Gasteiger partial charge is 0.368 e. The Bertz CT molecular complexity index is 797. The van der Waals surface area contributed by atoms with E-state index in [9.17, 15) is 9.59 Å². The predicted octanol–water partition coefficient (Wildman–Crippen LogP) is 2.73. The zero-order chi connectivity index (χ0) is 17.1. The SMILES string of the molecule is CCc1ccc(Cl)c(-c2cc(=O)n(CC(N)=O)nc2C(C)C)c1. The first-order valence-electron chi connectivity index (χ1n) is 7.52. The molecule has 5 nitrogen and oxygen atoms in total. The van der Waals surface area contributed by atoms with E-state index in [-0.39, 0.29) is 18.0 Å². The van der Waals surface area contributed by atoms with Gasteiger partial charge in [-0.3, -0.25) is 9.59 Å². The maximum absolute atomic E-state index is 12.2. The third-order valence-electron chi connectivity index (χ3n) is 3.61. The summed E-state index contributed by atoms with van der Waals surface area (Å²) in [5.74, 6) is -0.542. The van der Waals surface area contributed by atoms with Crippen LogP contribution < -0.4 is 11.3 Å². The number of carbonyl (C=O) groups excluding carboxylic acids is 1.